The molecule has 6 nitrogen and oxygen atoms in total. The average Bonchev–Trinajstić information content (AvgIpc) is 3.26. The number of carbonyl (C=O) groups excluding carboxylic acids is 1. The third-order valence-electron chi connectivity index (χ3n) is 7.02. The van der Waals surface area contributed by atoms with Crippen LogP contribution >= 0.6 is 0 Å². The fraction of sp³-hybridized carbons (Fsp3) is 0.370. The predicted molar refractivity (Wildman–Crippen MR) is 129 cm³/mol. The van der Waals surface area contributed by atoms with E-state index in [2.05, 4.69) is 29.4 Å². The molecule has 33 heavy (non-hydrogen) atoms. The van der Waals surface area contributed by atoms with Gasteiger partial charge in [0.05, 0.1) is 12.7 Å². The Hall–Kier alpha value is -3.25. The van der Waals surface area contributed by atoms with Crippen LogP contribution in [-0.4, -0.2) is 47.1 Å². The second-order valence-electron chi connectivity index (χ2n) is 9.18. The van der Waals surface area contributed by atoms with Crippen molar-refractivity contribution in [3.63, 3.8) is 0 Å². The number of ketones is 1. The zero-order chi connectivity index (χ0) is 23.1. The number of aromatic hydroxyl groups is 1. The Bertz CT molecular complexity index is 1250. The molecule has 0 spiro atoms. The van der Waals surface area contributed by atoms with E-state index in [4.69, 9.17) is 9.47 Å². The molecule has 6 heteroatoms. The number of benzene rings is 2. The first-order chi connectivity index (χ1) is 15.9. The highest BCUT2D eigenvalue weighted by molar-refractivity contribution is 6.15. The maximum Gasteiger partial charge on any atom is 0.231 e. The van der Waals surface area contributed by atoms with Crippen molar-refractivity contribution in [2.45, 2.75) is 33.2 Å². The van der Waals surface area contributed by atoms with E-state index in [0.717, 1.165) is 60.0 Å². The lowest BCUT2D eigenvalue weighted by Gasteiger charge is -2.30. The molecule has 0 radical (unpaired) electrons. The standard InChI is InChI=1S/C27H30N2O4/c1-17-8-10-28(11-9-17)12-13-29-18(2)22(23-15-20(32-3)5-7-24(23)29)16-26-27(31)21-6-4-19(30)14-25(21)33-26/h4-7,14-17,30H,8-13H2,1-3H3/b26-16-. The van der Waals surface area contributed by atoms with Crippen LogP contribution in [0.15, 0.2) is 42.2 Å². The van der Waals surface area contributed by atoms with Crippen LogP contribution in [0.25, 0.3) is 17.0 Å². The Morgan fingerprint density at radius 2 is 1.94 bits per heavy atom. The van der Waals surface area contributed by atoms with Gasteiger partial charge in [-0.15, -0.1) is 0 Å². The summed E-state index contributed by atoms with van der Waals surface area (Å²) in [5.74, 6) is 2.16. The van der Waals surface area contributed by atoms with Gasteiger partial charge >= 0.3 is 0 Å². The minimum absolute atomic E-state index is 0.0763. The maximum absolute atomic E-state index is 12.9. The maximum atomic E-state index is 12.9. The molecule has 0 bridgehead atoms. The third kappa shape index (κ3) is 4.00. The number of aromatic nitrogens is 1. The largest absolute Gasteiger partial charge is 0.508 e. The number of methoxy groups -OCH3 is 1. The van der Waals surface area contributed by atoms with E-state index < -0.39 is 0 Å². The molecule has 1 aromatic heterocycles. The first-order valence-electron chi connectivity index (χ1n) is 11.6. The van der Waals surface area contributed by atoms with Gasteiger partial charge in [-0.1, -0.05) is 6.92 Å². The van der Waals surface area contributed by atoms with Crippen molar-refractivity contribution in [2.24, 2.45) is 5.92 Å². The van der Waals surface area contributed by atoms with Crippen LogP contribution in [0.5, 0.6) is 17.2 Å². The second kappa shape index (κ2) is 8.60. The normalized spacial score (nSPS) is 18.2. The van der Waals surface area contributed by atoms with Gasteiger partial charge in [0, 0.05) is 41.3 Å². The number of piperidine rings is 1. The zero-order valence-corrected chi connectivity index (χ0v) is 19.4. The Kier molecular flexibility index (Phi) is 5.62. The minimum atomic E-state index is -0.171. The van der Waals surface area contributed by atoms with E-state index in [1.54, 1.807) is 13.2 Å². The molecule has 172 valence electrons. The molecule has 2 aromatic carbocycles. The molecule has 0 unspecified atom stereocenters. The summed E-state index contributed by atoms with van der Waals surface area (Å²) in [6, 6.07) is 10.7. The average molecular weight is 447 g/mol. The van der Waals surface area contributed by atoms with Gasteiger partial charge in [0.25, 0.3) is 0 Å². The number of carbonyl (C=O) groups is 1. The number of phenols is 1. The molecule has 0 aliphatic carbocycles. The van der Waals surface area contributed by atoms with Crippen molar-refractivity contribution in [2.75, 3.05) is 26.7 Å². The molecule has 0 saturated carbocycles. The van der Waals surface area contributed by atoms with Gasteiger partial charge in [0.1, 0.15) is 17.2 Å². The lowest BCUT2D eigenvalue weighted by atomic mass is 9.99. The van der Waals surface area contributed by atoms with Crippen molar-refractivity contribution in [3.05, 3.63) is 59.0 Å². The van der Waals surface area contributed by atoms with Gasteiger partial charge in [-0.3, -0.25) is 4.79 Å². The summed E-state index contributed by atoms with van der Waals surface area (Å²) in [4.78, 5) is 15.5. The predicted octanol–water partition coefficient (Wildman–Crippen LogP) is 5.01. The highest BCUT2D eigenvalue weighted by Crippen LogP contribution is 2.37. The lowest BCUT2D eigenvalue weighted by Crippen LogP contribution is -2.35. The number of hydrogen-bond donors (Lipinski definition) is 1. The second-order valence-corrected chi connectivity index (χ2v) is 9.18. The smallest absolute Gasteiger partial charge is 0.231 e. The quantitative estimate of drug-likeness (QED) is 0.558. The SMILES string of the molecule is COc1ccc2c(c1)c(/C=C1\Oc3cc(O)ccc3C1=O)c(C)n2CCN1CCC(C)CC1. The minimum Gasteiger partial charge on any atom is -0.508 e. The van der Waals surface area contributed by atoms with E-state index in [1.165, 1.54) is 25.0 Å². The van der Waals surface area contributed by atoms with Crippen molar-refractivity contribution >= 4 is 22.8 Å². The summed E-state index contributed by atoms with van der Waals surface area (Å²) < 4.78 is 13.7. The van der Waals surface area contributed by atoms with Gasteiger partial charge in [0.15, 0.2) is 5.76 Å². The molecular formula is C27H30N2O4. The van der Waals surface area contributed by atoms with Crippen LogP contribution in [0.1, 0.15) is 41.4 Å². The molecule has 3 aromatic rings. The molecule has 1 saturated heterocycles. The fourth-order valence-corrected chi connectivity index (χ4v) is 4.92. The van der Waals surface area contributed by atoms with Gasteiger partial charge in [-0.05, 0) is 75.2 Å². The van der Waals surface area contributed by atoms with Crippen molar-refractivity contribution in [1.29, 1.82) is 0 Å². The zero-order valence-electron chi connectivity index (χ0n) is 19.4. The number of rotatable bonds is 5. The number of phenolic OH excluding ortho intramolecular Hbond substituents is 1. The molecular weight excluding hydrogens is 416 g/mol. The number of likely N-dealkylation sites (tertiary alicyclic amines) is 1. The lowest BCUT2D eigenvalue weighted by molar-refractivity contribution is 0.101. The monoisotopic (exact) mass is 446 g/mol. The molecule has 0 atom stereocenters. The molecule has 2 aliphatic rings. The van der Waals surface area contributed by atoms with Crippen LogP contribution in [0, 0.1) is 12.8 Å². The van der Waals surface area contributed by atoms with Crippen LogP contribution in [0.2, 0.25) is 0 Å². The summed E-state index contributed by atoms with van der Waals surface area (Å²) in [7, 11) is 1.66. The highest BCUT2D eigenvalue weighted by Gasteiger charge is 2.28. The Labute approximate surface area is 194 Å². The molecule has 0 amide bonds. The highest BCUT2D eigenvalue weighted by atomic mass is 16.5. The van der Waals surface area contributed by atoms with Crippen molar-refractivity contribution in [1.82, 2.24) is 9.47 Å². The van der Waals surface area contributed by atoms with Crippen LogP contribution in [-0.2, 0) is 6.54 Å². The molecule has 3 heterocycles. The number of ether oxygens (including phenoxy) is 2. The third-order valence-corrected chi connectivity index (χ3v) is 7.02. The first-order valence-corrected chi connectivity index (χ1v) is 11.6. The van der Waals surface area contributed by atoms with E-state index in [1.807, 2.05) is 18.2 Å². The topological polar surface area (TPSA) is 63.9 Å². The summed E-state index contributed by atoms with van der Waals surface area (Å²) in [5, 5.41) is 10.8. The van der Waals surface area contributed by atoms with E-state index >= 15 is 0 Å². The van der Waals surface area contributed by atoms with Crippen LogP contribution in [0.4, 0.5) is 0 Å². The van der Waals surface area contributed by atoms with E-state index in [9.17, 15) is 9.90 Å². The van der Waals surface area contributed by atoms with Crippen molar-refractivity contribution in [3.8, 4) is 17.2 Å². The molecule has 1 N–H and O–H groups in total. The number of Topliss-reactive ketones (excluding diaryl/α,β-unsaturated/α-hetero) is 1. The molecule has 5 rings (SSSR count). The molecule has 2 aliphatic heterocycles. The van der Waals surface area contributed by atoms with Gasteiger partial charge in [-0.25, -0.2) is 0 Å². The van der Waals surface area contributed by atoms with Gasteiger partial charge in [0.2, 0.25) is 5.78 Å². The van der Waals surface area contributed by atoms with Gasteiger partial charge in [-0.2, -0.15) is 0 Å². The number of nitrogens with zero attached hydrogens (tertiary/aromatic N) is 2. The first kappa shape index (κ1) is 21.6. The van der Waals surface area contributed by atoms with Crippen molar-refractivity contribution < 1.29 is 19.4 Å². The fourth-order valence-electron chi connectivity index (χ4n) is 4.92. The number of allylic oxidation sites excluding steroid dienone is 1. The number of fused-ring (bicyclic) bond motifs is 2. The molecule has 1 fully saturated rings. The van der Waals surface area contributed by atoms with Gasteiger partial charge < -0.3 is 24.0 Å². The Balaban J connectivity index is 1.51. The summed E-state index contributed by atoms with van der Waals surface area (Å²) in [5.41, 5.74) is 3.63. The van der Waals surface area contributed by atoms with E-state index in [-0.39, 0.29) is 17.3 Å². The Morgan fingerprint density at radius 3 is 2.70 bits per heavy atom. The summed E-state index contributed by atoms with van der Waals surface area (Å²) in [6.07, 6.45) is 4.35. The van der Waals surface area contributed by atoms with E-state index in [0.29, 0.717) is 11.3 Å². The number of hydrogen-bond acceptors (Lipinski definition) is 5. The Morgan fingerprint density at radius 1 is 1.15 bits per heavy atom. The van der Waals surface area contributed by atoms with Crippen LogP contribution in [0.3, 0.4) is 0 Å². The summed E-state index contributed by atoms with van der Waals surface area (Å²) in [6.45, 7) is 8.61. The summed E-state index contributed by atoms with van der Waals surface area (Å²) >= 11 is 0. The van der Waals surface area contributed by atoms with Crippen LogP contribution < -0.4 is 9.47 Å².